The van der Waals surface area contributed by atoms with Crippen LogP contribution < -0.4 is 5.32 Å². The number of nitrogens with one attached hydrogen (secondary N) is 1. The molecule has 1 N–H and O–H groups in total. The third-order valence-electron chi connectivity index (χ3n) is 5.94. The molecule has 2 aliphatic carbocycles. The first-order valence-corrected chi connectivity index (χ1v) is 11.5. The Balaban J connectivity index is 1.50. The molecule has 6 nitrogen and oxygen atoms in total. The van der Waals surface area contributed by atoms with Gasteiger partial charge in [-0.2, -0.15) is 0 Å². The maximum absolute atomic E-state index is 12.3. The van der Waals surface area contributed by atoms with Crippen LogP contribution in [0.5, 0.6) is 0 Å². The average Bonchev–Trinajstić information content (AvgIpc) is 3.28. The predicted molar refractivity (Wildman–Crippen MR) is 121 cm³/mol. The maximum Gasteiger partial charge on any atom is 0.407 e. The van der Waals surface area contributed by atoms with Crippen LogP contribution in [-0.4, -0.2) is 32.3 Å². The van der Waals surface area contributed by atoms with Crippen molar-refractivity contribution >= 4 is 44.0 Å². The van der Waals surface area contributed by atoms with Gasteiger partial charge in [0.25, 0.3) is 0 Å². The number of hydrogen-bond acceptors (Lipinski definition) is 4. The Morgan fingerprint density at radius 2 is 2.00 bits per heavy atom. The summed E-state index contributed by atoms with van der Waals surface area (Å²) in [5, 5.41) is 4.20. The fraction of sp³-hybridized carbons (Fsp3) is 0.522. The van der Waals surface area contributed by atoms with Crippen molar-refractivity contribution in [2.45, 2.75) is 76.5 Å². The lowest BCUT2D eigenvalue weighted by Crippen LogP contribution is -2.38. The summed E-state index contributed by atoms with van der Waals surface area (Å²) in [6, 6.07) is 6.66. The molecule has 0 unspecified atom stereocenters. The van der Waals surface area contributed by atoms with E-state index < -0.39 is 5.60 Å². The minimum atomic E-state index is -0.485. The molecule has 2 aromatic heterocycles. The Hall–Kier alpha value is -2.15. The number of carbonyl (C=O) groups is 1. The molecule has 2 aliphatic rings. The van der Waals surface area contributed by atoms with Crippen LogP contribution in [0.4, 0.5) is 4.79 Å². The first-order chi connectivity index (χ1) is 14.3. The predicted octanol–water partition coefficient (Wildman–Crippen LogP) is 5.84. The van der Waals surface area contributed by atoms with Crippen molar-refractivity contribution in [3.8, 4) is 0 Å². The van der Waals surface area contributed by atoms with E-state index in [0.29, 0.717) is 12.0 Å². The molecule has 0 aliphatic heterocycles. The second kappa shape index (κ2) is 7.22. The number of rotatable bonds is 3. The molecule has 0 bridgehead atoms. The molecule has 158 valence electrons. The summed E-state index contributed by atoms with van der Waals surface area (Å²) in [6.45, 7) is 5.67. The van der Waals surface area contributed by atoms with Gasteiger partial charge in [0.2, 0.25) is 0 Å². The molecule has 3 aromatic rings. The van der Waals surface area contributed by atoms with Crippen molar-refractivity contribution in [1.29, 1.82) is 0 Å². The molecule has 30 heavy (non-hydrogen) atoms. The molecule has 7 heteroatoms. The summed E-state index contributed by atoms with van der Waals surface area (Å²) in [5.74, 6) is 1.72. The highest BCUT2D eigenvalue weighted by Gasteiger charge is 2.36. The number of amides is 1. The fourth-order valence-electron chi connectivity index (χ4n) is 4.56. The molecule has 2 saturated carbocycles. The lowest BCUT2D eigenvalue weighted by Gasteiger charge is -2.22. The molecule has 0 saturated heterocycles. The fourth-order valence-corrected chi connectivity index (χ4v) is 4.92. The molecular weight excluding hydrogens is 444 g/mol. The second-order valence-corrected chi connectivity index (χ2v) is 10.5. The second-order valence-electron chi connectivity index (χ2n) is 9.58. The molecule has 2 heterocycles. The Kier molecular flexibility index (Phi) is 4.76. The van der Waals surface area contributed by atoms with Gasteiger partial charge < -0.3 is 14.6 Å². The van der Waals surface area contributed by atoms with Gasteiger partial charge in [-0.3, -0.25) is 4.98 Å². The van der Waals surface area contributed by atoms with Gasteiger partial charge in [-0.15, -0.1) is 0 Å². The van der Waals surface area contributed by atoms with Crippen LogP contribution in [0.2, 0.25) is 0 Å². The van der Waals surface area contributed by atoms with Gasteiger partial charge in [-0.25, -0.2) is 9.78 Å². The Labute approximate surface area is 184 Å². The lowest BCUT2D eigenvalue weighted by atomic mass is 10.1. The summed E-state index contributed by atoms with van der Waals surface area (Å²) in [7, 11) is 0. The van der Waals surface area contributed by atoms with Gasteiger partial charge in [0.1, 0.15) is 16.9 Å². The van der Waals surface area contributed by atoms with Gasteiger partial charge in [-0.05, 0) is 71.1 Å². The Morgan fingerprint density at radius 1 is 1.20 bits per heavy atom. The van der Waals surface area contributed by atoms with Crippen LogP contribution in [0.25, 0.3) is 21.9 Å². The van der Waals surface area contributed by atoms with Gasteiger partial charge >= 0.3 is 6.09 Å². The lowest BCUT2D eigenvalue weighted by molar-refractivity contribution is 0.0505. The van der Waals surface area contributed by atoms with Crippen molar-refractivity contribution in [2.24, 2.45) is 0 Å². The van der Waals surface area contributed by atoms with E-state index in [-0.39, 0.29) is 12.1 Å². The molecule has 1 aromatic carbocycles. The number of hydrogen-bond donors (Lipinski definition) is 1. The summed E-state index contributed by atoms with van der Waals surface area (Å²) in [4.78, 5) is 21.9. The highest BCUT2D eigenvalue weighted by atomic mass is 79.9. The molecule has 0 radical (unpaired) electrons. The molecule has 2 atom stereocenters. The number of pyridine rings is 1. The number of fused-ring (bicyclic) bond motifs is 3. The number of halogens is 1. The number of imidazole rings is 1. The largest absolute Gasteiger partial charge is 0.444 e. The highest BCUT2D eigenvalue weighted by molar-refractivity contribution is 9.10. The van der Waals surface area contributed by atoms with Crippen LogP contribution in [0.3, 0.4) is 0 Å². The number of nitrogens with zero attached hydrogens (tertiary/aromatic N) is 3. The van der Waals surface area contributed by atoms with E-state index in [4.69, 9.17) is 9.72 Å². The van der Waals surface area contributed by atoms with Gasteiger partial charge in [-0.1, -0.05) is 15.9 Å². The van der Waals surface area contributed by atoms with E-state index in [2.05, 4.69) is 42.9 Å². The van der Waals surface area contributed by atoms with Crippen LogP contribution in [0.15, 0.2) is 28.9 Å². The Bertz CT molecular complexity index is 1130. The number of ether oxygens (including phenoxy) is 1. The maximum atomic E-state index is 12.3. The third-order valence-corrected chi connectivity index (χ3v) is 6.43. The standard InChI is InChI=1S/C23H27BrN4O2/c1-23(2,3)30-22(29)26-15-7-8-16(11-15)28-20-17-10-14(24)6-9-18(17)25-12-19(20)27-21(28)13-4-5-13/h6,9-10,12-13,15-16H,4-5,7-8,11H2,1-3H3,(H,26,29)/t15-,16+/m0/s1. The first kappa shape index (κ1) is 19.8. The zero-order chi connectivity index (χ0) is 21.0. The minimum absolute atomic E-state index is 0.120. The van der Waals surface area contributed by atoms with E-state index in [1.165, 1.54) is 24.2 Å². The van der Waals surface area contributed by atoms with E-state index >= 15 is 0 Å². The topological polar surface area (TPSA) is 69.0 Å². The van der Waals surface area contributed by atoms with Gasteiger partial charge in [0, 0.05) is 27.9 Å². The monoisotopic (exact) mass is 470 g/mol. The van der Waals surface area contributed by atoms with Crippen molar-refractivity contribution in [3.63, 3.8) is 0 Å². The average molecular weight is 471 g/mol. The van der Waals surface area contributed by atoms with Crippen LogP contribution in [-0.2, 0) is 4.74 Å². The van der Waals surface area contributed by atoms with Gasteiger partial charge in [0.05, 0.1) is 17.2 Å². The van der Waals surface area contributed by atoms with E-state index in [1.807, 2.05) is 33.0 Å². The zero-order valence-electron chi connectivity index (χ0n) is 17.6. The number of carbonyl (C=O) groups excluding carboxylic acids is 1. The summed E-state index contributed by atoms with van der Waals surface area (Å²) >= 11 is 3.62. The number of aromatic nitrogens is 3. The smallest absolute Gasteiger partial charge is 0.407 e. The van der Waals surface area contributed by atoms with E-state index in [0.717, 1.165) is 40.2 Å². The van der Waals surface area contributed by atoms with Crippen molar-refractivity contribution in [2.75, 3.05) is 0 Å². The summed E-state index contributed by atoms with van der Waals surface area (Å²) < 4.78 is 8.96. The van der Waals surface area contributed by atoms with Gasteiger partial charge in [0.15, 0.2) is 0 Å². The van der Waals surface area contributed by atoms with Crippen molar-refractivity contribution < 1.29 is 9.53 Å². The minimum Gasteiger partial charge on any atom is -0.444 e. The van der Waals surface area contributed by atoms with Crippen molar-refractivity contribution in [3.05, 3.63) is 34.7 Å². The van der Waals surface area contributed by atoms with Crippen LogP contribution >= 0.6 is 15.9 Å². The molecule has 2 fully saturated rings. The number of alkyl carbamates (subject to hydrolysis) is 1. The third kappa shape index (κ3) is 3.80. The van der Waals surface area contributed by atoms with E-state index in [9.17, 15) is 4.79 Å². The summed E-state index contributed by atoms with van der Waals surface area (Å²) in [5.41, 5.74) is 2.63. The van der Waals surface area contributed by atoms with Crippen LogP contribution in [0, 0.1) is 0 Å². The zero-order valence-corrected chi connectivity index (χ0v) is 19.2. The quantitative estimate of drug-likeness (QED) is 0.521. The SMILES string of the molecule is CC(C)(C)OC(=O)N[C@H]1CC[C@@H](n2c(C3CC3)nc3cnc4ccc(Br)cc4c32)C1. The normalized spacial score (nSPS) is 22.0. The molecular formula is C23H27BrN4O2. The number of benzene rings is 1. The molecule has 5 rings (SSSR count). The Morgan fingerprint density at radius 3 is 2.73 bits per heavy atom. The summed E-state index contributed by atoms with van der Waals surface area (Å²) in [6.07, 6.45) is 6.82. The van der Waals surface area contributed by atoms with E-state index in [1.54, 1.807) is 0 Å². The van der Waals surface area contributed by atoms with Crippen molar-refractivity contribution in [1.82, 2.24) is 19.9 Å². The highest BCUT2D eigenvalue weighted by Crippen LogP contribution is 2.45. The first-order valence-electron chi connectivity index (χ1n) is 10.7. The molecule has 0 spiro atoms. The van der Waals surface area contributed by atoms with Crippen LogP contribution in [0.1, 0.15) is 70.7 Å². The molecule has 1 amide bonds.